The minimum atomic E-state index is -0.0934. The van der Waals surface area contributed by atoms with Crippen LogP contribution in [0, 0.1) is 0 Å². The maximum absolute atomic E-state index is 13.4. The van der Waals surface area contributed by atoms with Gasteiger partial charge in [0.2, 0.25) is 0 Å². The Balaban J connectivity index is 0.00000306. The summed E-state index contributed by atoms with van der Waals surface area (Å²) in [6.07, 6.45) is 0. The number of nitrogens with zero attached hydrogens (tertiary/aromatic N) is 3. The first-order chi connectivity index (χ1) is 15.5. The number of benzene rings is 3. The van der Waals surface area contributed by atoms with Crippen LogP contribution in [-0.2, 0) is 0 Å². The van der Waals surface area contributed by atoms with Gasteiger partial charge in [0.05, 0.1) is 17.3 Å². The van der Waals surface area contributed by atoms with Crippen molar-refractivity contribution in [3.05, 3.63) is 78.4 Å². The van der Waals surface area contributed by atoms with E-state index >= 15 is 0 Å². The van der Waals surface area contributed by atoms with Crippen molar-refractivity contribution in [3.8, 4) is 17.2 Å². The van der Waals surface area contributed by atoms with E-state index in [-0.39, 0.29) is 18.3 Å². The van der Waals surface area contributed by atoms with E-state index in [1.54, 1.807) is 24.1 Å². The average molecular weight is 484 g/mol. The number of aromatic nitrogens is 1. The molecule has 0 unspecified atom stereocenters. The number of thiazole rings is 1. The molecule has 0 fully saturated rings. The second-order valence-electron chi connectivity index (χ2n) is 7.53. The molecule has 0 aliphatic carbocycles. The molecule has 1 heterocycles. The van der Waals surface area contributed by atoms with Crippen LogP contribution < -0.4 is 14.4 Å². The quantitative estimate of drug-likeness (QED) is 0.320. The van der Waals surface area contributed by atoms with E-state index in [1.165, 1.54) is 11.3 Å². The van der Waals surface area contributed by atoms with E-state index in [0.717, 1.165) is 28.3 Å². The SMILES string of the molecule is COc1ccc2nc(N(CCN(C)C)C(=O)c3ccc(Oc4ccccc4)cc3)sc2c1.Cl. The highest BCUT2D eigenvalue weighted by Crippen LogP contribution is 2.32. The number of para-hydroxylation sites is 1. The Kier molecular flexibility index (Phi) is 8.27. The molecule has 0 N–H and O–H groups in total. The monoisotopic (exact) mass is 483 g/mol. The molecule has 6 nitrogen and oxygen atoms in total. The maximum Gasteiger partial charge on any atom is 0.260 e. The lowest BCUT2D eigenvalue weighted by Crippen LogP contribution is -2.36. The number of methoxy groups -OCH3 is 1. The lowest BCUT2D eigenvalue weighted by Gasteiger charge is -2.22. The van der Waals surface area contributed by atoms with Crippen molar-refractivity contribution < 1.29 is 14.3 Å². The molecule has 0 saturated carbocycles. The maximum atomic E-state index is 13.4. The van der Waals surface area contributed by atoms with Gasteiger partial charge in [-0.3, -0.25) is 9.69 Å². The lowest BCUT2D eigenvalue weighted by molar-refractivity contribution is 0.0985. The summed E-state index contributed by atoms with van der Waals surface area (Å²) in [6.45, 7) is 1.26. The van der Waals surface area contributed by atoms with Crippen LogP contribution in [0.5, 0.6) is 17.2 Å². The molecule has 8 heteroatoms. The zero-order chi connectivity index (χ0) is 22.5. The largest absolute Gasteiger partial charge is 0.497 e. The van der Waals surface area contributed by atoms with Gasteiger partial charge in [-0.05, 0) is 68.7 Å². The van der Waals surface area contributed by atoms with Gasteiger partial charge in [0.1, 0.15) is 17.2 Å². The number of fused-ring (bicyclic) bond motifs is 1. The van der Waals surface area contributed by atoms with Crippen LogP contribution in [0.4, 0.5) is 5.13 Å². The number of anilines is 1. The number of likely N-dealkylation sites (N-methyl/N-ethyl adjacent to an activating group) is 1. The Morgan fingerprint density at radius 3 is 2.24 bits per heavy atom. The summed E-state index contributed by atoms with van der Waals surface area (Å²) in [5.74, 6) is 2.11. The first-order valence-corrected chi connectivity index (χ1v) is 11.1. The van der Waals surface area contributed by atoms with Gasteiger partial charge in [-0.1, -0.05) is 29.5 Å². The van der Waals surface area contributed by atoms with E-state index in [0.29, 0.717) is 23.0 Å². The molecule has 0 spiro atoms. The number of halogens is 1. The number of ether oxygens (including phenoxy) is 2. The molecule has 0 radical (unpaired) electrons. The fourth-order valence-electron chi connectivity index (χ4n) is 3.17. The van der Waals surface area contributed by atoms with E-state index < -0.39 is 0 Å². The van der Waals surface area contributed by atoms with Crippen LogP contribution in [-0.4, -0.2) is 50.1 Å². The minimum Gasteiger partial charge on any atom is -0.497 e. The summed E-state index contributed by atoms with van der Waals surface area (Å²) in [4.78, 5) is 21.9. The molecule has 172 valence electrons. The molecule has 0 atom stereocenters. The molecule has 4 rings (SSSR count). The van der Waals surface area contributed by atoms with Gasteiger partial charge in [0.25, 0.3) is 5.91 Å². The molecular formula is C25H26ClN3O3S. The normalized spacial score (nSPS) is 10.7. The molecule has 33 heavy (non-hydrogen) atoms. The average Bonchev–Trinajstić information content (AvgIpc) is 3.23. The fourth-order valence-corrected chi connectivity index (χ4v) is 4.18. The Bertz CT molecular complexity index is 1200. The summed E-state index contributed by atoms with van der Waals surface area (Å²) in [5.41, 5.74) is 1.43. The van der Waals surface area contributed by atoms with Crippen LogP contribution >= 0.6 is 23.7 Å². The summed E-state index contributed by atoms with van der Waals surface area (Å²) in [7, 11) is 5.62. The van der Waals surface area contributed by atoms with Crippen molar-refractivity contribution in [1.29, 1.82) is 0 Å². The van der Waals surface area contributed by atoms with Crippen molar-refractivity contribution in [1.82, 2.24) is 9.88 Å². The van der Waals surface area contributed by atoms with E-state index in [1.807, 2.05) is 79.7 Å². The molecule has 3 aromatic carbocycles. The van der Waals surface area contributed by atoms with Crippen LogP contribution in [0.2, 0.25) is 0 Å². The zero-order valence-corrected chi connectivity index (χ0v) is 20.4. The van der Waals surface area contributed by atoms with Gasteiger partial charge in [-0.2, -0.15) is 0 Å². The standard InChI is InChI=1S/C25H25N3O3S.ClH/c1-27(2)15-16-28(25-26-22-14-13-21(30-3)17-23(22)32-25)24(29)18-9-11-20(12-10-18)31-19-7-5-4-6-8-19;/h4-14,17H,15-16H2,1-3H3;1H. The predicted molar refractivity (Wildman–Crippen MR) is 137 cm³/mol. The van der Waals surface area contributed by atoms with Crippen molar-refractivity contribution >= 4 is 45.0 Å². The first kappa shape index (κ1) is 24.5. The van der Waals surface area contributed by atoms with Crippen molar-refractivity contribution in [2.24, 2.45) is 0 Å². The number of carbonyl (C=O) groups excluding carboxylic acids is 1. The Morgan fingerprint density at radius 1 is 0.909 bits per heavy atom. The highest BCUT2D eigenvalue weighted by Gasteiger charge is 2.21. The van der Waals surface area contributed by atoms with Gasteiger partial charge in [-0.25, -0.2) is 4.98 Å². The van der Waals surface area contributed by atoms with Gasteiger partial charge in [0, 0.05) is 18.7 Å². The molecule has 0 saturated heterocycles. The molecule has 1 aromatic heterocycles. The molecule has 1 amide bonds. The lowest BCUT2D eigenvalue weighted by atomic mass is 10.2. The third kappa shape index (κ3) is 6.01. The highest BCUT2D eigenvalue weighted by atomic mass is 35.5. The van der Waals surface area contributed by atoms with E-state index in [2.05, 4.69) is 0 Å². The van der Waals surface area contributed by atoms with E-state index in [9.17, 15) is 4.79 Å². The smallest absolute Gasteiger partial charge is 0.260 e. The van der Waals surface area contributed by atoms with Crippen molar-refractivity contribution in [3.63, 3.8) is 0 Å². The summed E-state index contributed by atoms with van der Waals surface area (Å²) in [6, 6.07) is 22.5. The molecule has 0 aliphatic rings. The fraction of sp³-hybridized carbons (Fsp3) is 0.200. The second kappa shape index (κ2) is 11.1. The van der Waals surface area contributed by atoms with E-state index in [4.69, 9.17) is 14.5 Å². The Labute approximate surface area is 203 Å². The number of amides is 1. The third-order valence-corrected chi connectivity index (χ3v) is 5.95. The number of carbonyl (C=O) groups is 1. The van der Waals surface area contributed by atoms with Gasteiger partial charge < -0.3 is 14.4 Å². The van der Waals surface area contributed by atoms with Gasteiger partial charge in [-0.15, -0.1) is 12.4 Å². The van der Waals surface area contributed by atoms with Crippen LogP contribution in [0.15, 0.2) is 72.8 Å². The summed E-state index contributed by atoms with van der Waals surface area (Å²) < 4.78 is 12.1. The highest BCUT2D eigenvalue weighted by molar-refractivity contribution is 7.22. The first-order valence-electron chi connectivity index (χ1n) is 10.3. The predicted octanol–water partition coefficient (Wildman–Crippen LogP) is 5.73. The zero-order valence-electron chi connectivity index (χ0n) is 18.7. The third-order valence-electron chi connectivity index (χ3n) is 4.91. The number of hydrogen-bond donors (Lipinski definition) is 0. The van der Waals surface area contributed by atoms with Crippen molar-refractivity contribution in [2.75, 3.05) is 39.2 Å². The summed E-state index contributed by atoms with van der Waals surface area (Å²) >= 11 is 1.49. The Hall–Kier alpha value is -3.13. The molecule has 0 aliphatic heterocycles. The Morgan fingerprint density at radius 2 is 1.58 bits per heavy atom. The number of hydrogen-bond acceptors (Lipinski definition) is 6. The molecule has 0 bridgehead atoms. The van der Waals surface area contributed by atoms with Crippen molar-refractivity contribution in [2.45, 2.75) is 0 Å². The topological polar surface area (TPSA) is 54.9 Å². The van der Waals surface area contributed by atoms with Crippen LogP contribution in [0.3, 0.4) is 0 Å². The molecule has 4 aromatic rings. The van der Waals surface area contributed by atoms with Gasteiger partial charge in [0.15, 0.2) is 5.13 Å². The van der Waals surface area contributed by atoms with Crippen LogP contribution in [0.25, 0.3) is 10.2 Å². The number of rotatable bonds is 8. The second-order valence-corrected chi connectivity index (χ2v) is 8.54. The van der Waals surface area contributed by atoms with Crippen LogP contribution in [0.1, 0.15) is 10.4 Å². The molecular weight excluding hydrogens is 458 g/mol. The summed E-state index contributed by atoms with van der Waals surface area (Å²) in [5, 5.41) is 0.671. The minimum absolute atomic E-state index is 0. The van der Waals surface area contributed by atoms with Gasteiger partial charge >= 0.3 is 0 Å².